The van der Waals surface area contributed by atoms with Gasteiger partial charge >= 0.3 is 0 Å². The minimum Gasteiger partial charge on any atom is -0.295 e. The van der Waals surface area contributed by atoms with Crippen LogP contribution in [0.4, 0.5) is 0 Å². The van der Waals surface area contributed by atoms with E-state index in [-0.39, 0.29) is 16.6 Å². The van der Waals surface area contributed by atoms with Crippen LogP contribution in [0.3, 0.4) is 0 Å². The number of aryl methyl sites for hydroxylation is 1. The van der Waals surface area contributed by atoms with Crippen LogP contribution < -0.4 is 0 Å². The van der Waals surface area contributed by atoms with Crippen molar-refractivity contribution in [2.45, 2.75) is 65.2 Å². The van der Waals surface area contributed by atoms with Crippen LogP contribution in [0.1, 0.15) is 74.5 Å². The second kappa shape index (κ2) is 3.94. The molecule has 0 aromatic heterocycles. The Morgan fingerprint density at radius 2 is 1.83 bits per heavy atom. The van der Waals surface area contributed by atoms with Crippen molar-refractivity contribution in [2.75, 3.05) is 0 Å². The van der Waals surface area contributed by atoms with Crippen molar-refractivity contribution in [3.05, 3.63) is 34.4 Å². The molecule has 0 radical (unpaired) electrons. The smallest absolute Gasteiger partial charge is 0.160 e. The SMILES string of the molecule is CCC1(C)CC(C)(C)c2cc(C)c(C(C)=O)cc21. The molecule has 1 atom stereocenters. The van der Waals surface area contributed by atoms with Gasteiger partial charge in [-0.25, -0.2) is 0 Å². The lowest BCUT2D eigenvalue weighted by molar-refractivity contribution is 0.101. The predicted octanol–water partition coefficient (Wildman–Crippen LogP) is 4.55. The van der Waals surface area contributed by atoms with E-state index in [0.29, 0.717) is 0 Å². The Kier molecular flexibility index (Phi) is 2.92. The maximum Gasteiger partial charge on any atom is 0.160 e. The Bertz CT molecular complexity index is 511. The van der Waals surface area contributed by atoms with Gasteiger partial charge in [-0.1, -0.05) is 33.8 Å². The largest absolute Gasteiger partial charge is 0.295 e. The van der Waals surface area contributed by atoms with E-state index in [4.69, 9.17) is 0 Å². The van der Waals surface area contributed by atoms with Crippen molar-refractivity contribution >= 4 is 5.78 Å². The Hall–Kier alpha value is -1.11. The molecule has 0 aliphatic heterocycles. The van der Waals surface area contributed by atoms with E-state index in [0.717, 1.165) is 17.5 Å². The quantitative estimate of drug-likeness (QED) is 0.698. The molecule has 1 unspecified atom stereocenters. The van der Waals surface area contributed by atoms with Crippen LogP contribution in [0.5, 0.6) is 0 Å². The minimum atomic E-state index is 0.179. The van der Waals surface area contributed by atoms with E-state index in [2.05, 4.69) is 46.8 Å². The van der Waals surface area contributed by atoms with Crippen molar-refractivity contribution in [3.63, 3.8) is 0 Å². The molecule has 18 heavy (non-hydrogen) atoms. The normalized spacial score (nSPS) is 25.0. The summed E-state index contributed by atoms with van der Waals surface area (Å²) in [6.07, 6.45) is 2.30. The summed E-state index contributed by atoms with van der Waals surface area (Å²) in [5, 5.41) is 0. The molecule has 1 heteroatoms. The van der Waals surface area contributed by atoms with Crippen LogP contribution >= 0.6 is 0 Å². The number of hydrogen-bond donors (Lipinski definition) is 0. The number of rotatable bonds is 2. The van der Waals surface area contributed by atoms with Crippen molar-refractivity contribution in [1.29, 1.82) is 0 Å². The van der Waals surface area contributed by atoms with Gasteiger partial charge in [0.15, 0.2) is 5.78 Å². The molecule has 1 aliphatic rings. The molecule has 0 saturated carbocycles. The Morgan fingerprint density at radius 1 is 1.22 bits per heavy atom. The van der Waals surface area contributed by atoms with Crippen LogP contribution in [-0.2, 0) is 10.8 Å². The third-order valence-corrected chi connectivity index (χ3v) is 4.74. The molecule has 1 aliphatic carbocycles. The van der Waals surface area contributed by atoms with Crippen LogP contribution in [0, 0.1) is 6.92 Å². The molecular formula is C17H24O. The first kappa shape index (κ1) is 13.3. The lowest BCUT2D eigenvalue weighted by atomic mass is 9.78. The monoisotopic (exact) mass is 244 g/mol. The van der Waals surface area contributed by atoms with Gasteiger partial charge in [0.25, 0.3) is 0 Å². The molecular weight excluding hydrogens is 220 g/mol. The van der Waals surface area contributed by atoms with E-state index in [9.17, 15) is 4.79 Å². The molecule has 0 fully saturated rings. The maximum atomic E-state index is 11.7. The fourth-order valence-electron chi connectivity index (χ4n) is 3.63. The first-order valence-corrected chi connectivity index (χ1v) is 6.88. The zero-order chi connectivity index (χ0) is 13.7. The van der Waals surface area contributed by atoms with Gasteiger partial charge in [-0.05, 0) is 60.3 Å². The summed E-state index contributed by atoms with van der Waals surface area (Å²) in [7, 11) is 0. The summed E-state index contributed by atoms with van der Waals surface area (Å²) < 4.78 is 0. The summed E-state index contributed by atoms with van der Waals surface area (Å²) in [5.74, 6) is 0.179. The van der Waals surface area contributed by atoms with Crippen molar-refractivity contribution in [2.24, 2.45) is 0 Å². The third kappa shape index (κ3) is 1.81. The second-order valence-electron chi connectivity index (χ2n) is 6.74. The summed E-state index contributed by atoms with van der Waals surface area (Å²) in [4.78, 5) is 11.7. The van der Waals surface area contributed by atoms with Crippen LogP contribution in [0.2, 0.25) is 0 Å². The molecule has 0 bridgehead atoms. The van der Waals surface area contributed by atoms with Gasteiger partial charge in [0.05, 0.1) is 0 Å². The average Bonchev–Trinajstić information content (AvgIpc) is 2.46. The summed E-state index contributed by atoms with van der Waals surface area (Å²) in [6.45, 7) is 12.9. The van der Waals surface area contributed by atoms with E-state index in [1.807, 2.05) is 0 Å². The van der Waals surface area contributed by atoms with Gasteiger partial charge < -0.3 is 0 Å². The van der Waals surface area contributed by atoms with E-state index in [1.165, 1.54) is 17.5 Å². The van der Waals surface area contributed by atoms with Crippen LogP contribution in [-0.4, -0.2) is 5.78 Å². The maximum absolute atomic E-state index is 11.7. The highest BCUT2D eigenvalue weighted by molar-refractivity contribution is 5.96. The molecule has 0 amide bonds. The van der Waals surface area contributed by atoms with Crippen LogP contribution in [0.15, 0.2) is 12.1 Å². The topological polar surface area (TPSA) is 17.1 Å². The predicted molar refractivity (Wildman–Crippen MR) is 76.5 cm³/mol. The molecule has 0 saturated heterocycles. The second-order valence-corrected chi connectivity index (χ2v) is 6.74. The number of Topliss-reactive ketones (excluding diaryl/α,β-unsaturated/α-hetero) is 1. The summed E-state index contributed by atoms with van der Waals surface area (Å²) in [5.41, 5.74) is 5.29. The first-order valence-electron chi connectivity index (χ1n) is 6.88. The number of carbonyl (C=O) groups excluding carboxylic acids is 1. The van der Waals surface area contributed by atoms with Crippen LogP contribution in [0.25, 0.3) is 0 Å². The molecule has 2 rings (SSSR count). The number of ketones is 1. The molecule has 0 spiro atoms. The molecule has 1 aromatic carbocycles. The van der Waals surface area contributed by atoms with Gasteiger partial charge in [-0.2, -0.15) is 0 Å². The standard InChI is InChI=1S/C17H24O/c1-7-17(6)10-16(4,5)14-8-11(2)13(12(3)18)9-15(14)17/h8-9H,7,10H2,1-6H3. The van der Waals surface area contributed by atoms with E-state index < -0.39 is 0 Å². The zero-order valence-electron chi connectivity index (χ0n) is 12.5. The summed E-state index contributed by atoms with van der Waals surface area (Å²) >= 11 is 0. The van der Waals surface area contributed by atoms with Crippen molar-refractivity contribution in [1.82, 2.24) is 0 Å². The third-order valence-electron chi connectivity index (χ3n) is 4.74. The number of benzene rings is 1. The molecule has 98 valence electrons. The zero-order valence-corrected chi connectivity index (χ0v) is 12.5. The lowest BCUT2D eigenvalue weighted by Crippen LogP contribution is -2.20. The lowest BCUT2D eigenvalue weighted by Gasteiger charge is -2.26. The summed E-state index contributed by atoms with van der Waals surface area (Å²) in [6, 6.07) is 4.40. The van der Waals surface area contributed by atoms with Crippen molar-refractivity contribution in [3.8, 4) is 0 Å². The highest BCUT2D eigenvalue weighted by Crippen LogP contribution is 2.51. The van der Waals surface area contributed by atoms with Crippen molar-refractivity contribution < 1.29 is 4.79 Å². The highest BCUT2D eigenvalue weighted by atomic mass is 16.1. The Morgan fingerprint density at radius 3 is 2.33 bits per heavy atom. The first-order chi connectivity index (χ1) is 8.21. The van der Waals surface area contributed by atoms with Gasteiger partial charge in [-0.15, -0.1) is 0 Å². The molecule has 0 N–H and O–H groups in total. The fraction of sp³-hybridized carbons (Fsp3) is 0.588. The number of fused-ring (bicyclic) bond motifs is 1. The Labute approximate surface area is 111 Å². The van der Waals surface area contributed by atoms with Gasteiger partial charge in [0, 0.05) is 5.56 Å². The highest BCUT2D eigenvalue weighted by Gasteiger charge is 2.43. The Balaban J connectivity index is 2.71. The minimum absolute atomic E-state index is 0.179. The molecule has 0 heterocycles. The molecule has 1 aromatic rings. The number of carbonyl (C=O) groups is 1. The number of hydrogen-bond acceptors (Lipinski definition) is 1. The average molecular weight is 244 g/mol. The van der Waals surface area contributed by atoms with Gasteiger partial charge in [0.2, 0.25) is 0 Å². The van der Waals surface area contributed by atoms with Gasteiger partial charge in [-0.3, -0.25) is 4.79 Å². The fourth-order valence-corrected chi connectivity index (χ4v) is 3.63. The molecule has 1 nitrogen and oxygen atoms in total. The van der Waals surface area contributed by atoms with Gasteiger partial charge in [0.1, 0.15) is 0 Å². The van der Waals surface area contributed by atoms with E-state index in [1.54, 1.807) is 6.92 Å². The van der Waals surface area contributed by atoms with E-state index >= 15 is 0 Å².